The highest BCUT2D eigenvalue weighted by Gasteiger charge is 2.28. The standard InChI is InChI=1S/C21H25N5O2/c1-22-21(25-12-9-17(15-25)28-19-8-4-5-10-23-19)24-11-13-26-18-7-3-2-6-16(18)14-20(26)27/h2-8,10,17H,9,11-15H2,1H3,(H,22,24). The van der Waals surface area contributed by atoms with E-state index in [0.29, 0.717) is 25.4 Å². The highest BCUT2D eigenvalue weighted by Crippen LogP contribution is 2.27. The summed E-state index contributed by atoms with van der Waals surface area (Å²) in [6.07, 6.45) is 3.25. The van der Waals surface area contributed by atoms with Crippen molar-refractivity contribution >= 4 is 17.6 Å². The summed E-state index contributed by atoms with van der Waals surface area (Å²) in [7, 11) is 1.78. The zero-order chi connectivity index (χ0) is 19.3. The van der Waals surface area contributed by atoms with Crippen LogP contribution >= 0.6 is 0 Å². The van der Waals surface area contributed by atoms with Crippen LogP contribution in [0.3, 0.4) is 0 Å². The van der Waals surface area contributed by atoms with Gasteiger partial charge in [-0.2, -0.15) is 0 Å². The number of nitrogens with one attached hydrogen (secondary N) is 1. The van der Waals surface area contributed by atoms with Crippen molar-refractivity contribution < 1.29 is 9.53 Å². The van der Waals surface area contributed by atoms with Crippen molar-refractivity contribution in [2.75, 3.05) is 38.1 Å². The number of hydrogen-bond donors (Lipinski definition) is 1. The lowest BCUT2D eigenvalue weighted by molar-refractivity contribution is -0.117. The van der Waals surface area contributed by atoms with Crippen molar-refractivity contribution in [2.45, 2.75) is 18.9 Å². The summed E-state index contributed by atoms with van der Waals surface area (Å²) in [5.41, 5.74) is 2.13. The quantitative estimate of drug-likeness (QED) is 0.633. The van der Waals surface area contributed by atoms with Crippen LogP contribution in [0.5, 0.6) is 5.88 Å². The van der Waals surface area contributed by atoms with Crippen LogP contribution in [0, 0.1) is 0 Å². The van der Waals surface area contributed by atoms with Crippen molar-refractivity contribution in [1.82, 2.24) is 15.2 Å². The summed E-state index contributed by atoms with van der Waals surface area (Å²) >= 11 is 0. The number of aromatic nitrogens is 1. The number of likely N-dealkylation sites (tertiary alicyclic amines) is 1. The smallest absolute Gasteiger partial charge is 0.231 e. The van der Waals surface area contributed by atoms with E-state index in [1.807, 2.05) is 47.4 Å². The number of para-hydroxylation sites is 1. The first-order chi connectivity index (χ1) is 13.7. The Kier molecular flexibility index (Phi) is 5.41. The number of aliphatic imine (C=N–C) groups is 1. The number of hydrogen-bond acceptors (Lipinski definition) is 4. The molecule has 0 radical (unpaired) electrons. The Labute approximate surface area is 165 Å². The van der Waals surface area contributed by atoms with Gasteiger partial charge in [0.05, 0.1) is 13.0 Å². The van der Waals surface area contributed by atoms with Gasteiger partial charge >= 0.3 is 0 Å². The number of pyridine rings is 1. The number of rotatable bonds is 5. The Balaban J connectivity index is 1.28. The number of ether oxygens (including phenoxy) is 1. The summed E-state index contributed by atoms with van der Waals surface area (Å²) in [4.78, 5) is 24.9. The molecule has 28 heavy (non-hydrogen) atoms. The Hall–Kier alpha value is -3.09. The molecule has 146 valence electrons. The molecule has 1 N–H and O–H groups in total. The molecule has 0 aliphatic carbocycles. The van der Waals surface area contributed by atoms with E-state index in [4.69, 9.17) is 4.74 Å². The number of benzene rings is 1. The van der Waals surface area contributed by atoms with Crippen LogP contribution in [0.1, 0.15) is 12.0 Å². The third-order valence-electron chi connectivity index (χ3n) is 5.13. The minimum atomic E-state index is 0.0977. The van der Waals surface area contributed by atoms with Crippen molar-refractivity contribution in [3.05, 3.63) is 54.2 Å². The topological polar surface area (TPSA) is 70.1 Å². The van der Waals surface area contributed by atoms with Gasteiger partial charge in [-0.15, -0.1) is 0 Å². The lowest BCUT2D eigenvalue weighted by atomic mass is 10.2. The normalized spacial score (nSPS) is 19.1. The number of carbonyl (C=O) groups is 1. The summed E-state index contributed by atoms with van der Waals surface area (Å²) in [5, 5.41) is 3.38. The molecule has 7 heteroatoms. The minimum Gasteiger partial charge on any atom is -0.472 e. The molecule has 1 fully saturated rings. The summed E-state index contributed by atoms with van der Waals surface area (Å²) in [6, 6.07) is 13.7. The number of carbonyl (C=O) groups excluding carboxylic acids is 1. The van der Waals surface area contributed by atoms with Gasteiger partial charge in [0, 0.05) is 51.1 Å². The molecule has 3 heterocycles. The van der Waals surface area contributed by atoms with E-state index in [9.17, 15) is 4.79 Å². The molecule has 0 spiro atoms. The van der Waals surface area contributed by atoms with Crippen LogP contribution in [0.2, 0.25) is 0 Å². The van der Waals surface area contributed by atoms with Crippen molar-refractivity contribution in [3.63, 3.8) is 0 Å². The lowest BCUT2D eigenvalue weighted by Crippen LogP contribution is -2.44. The monoisotopic (exact) mass is 379 g/mol. The largest absolute Gasteiger partial charge is 0.472 e. The van der Waals surface area contributed by atoms with E-state index in [2.05, 4.69) is 20.2 Å². The first-order valence-electron chi connectivity index (χ1n) is 9.66. The molecular weight excluding hydrogens is 354 g/mol. The zero-order valence-electron chi connectivity index (χ0n) is 16.0. The number of amides is 1. The van der Waals surface area contributed by atoms with E-state index in [1.165, 1.54) is 0 Å². The van der Waals surface area contributed by atoms with Crippen molar-refractivity contribution in [3.8, 4) is 5.88 Å². The Morgan fingerprint density at radius 2 is 2.14 bits per heavy atom. The predicted octanol–water partition coefficient (Wildman–Crippen LogP) is 1.70. The third kappa shape index (κ3) is 3.93. The van der Waals surface area contributed by atoms with Crippen LogP contribution in [0.15, 0.2) is 53.7 Å². The highest BCUT2D eigenvalue weighted by atomic mass is 16.5. The summed E-state index contributed by atoms with van der Waals surface area (Å²) in [6.45, 7) is 2.91. The molecule has 2 aliphatic heterocycles. The average molecular weight is 379 g/mol. The molecule has 1 aromatic heterocycles. The molecule has 2 aromatic rings. The number of anilines is 1. The predicted molar refractivity (Wildman–Crippen MR) is 109 cm³/mol. The first kappa shape index (κ1) is 18.3. The molecule has 1 amide bonds. The maximum Gasteiger partial charge on any atom is 0.231 e. The highest BCUT2D eigenvalue weighted by molar-refractivity contribution is 6.01. The molecule has 1 unspecified atom stereocenters. The van der Waals surface area contributed by atoms with Crippen molar-refractivity contribution in [2.24, 2.45) is 4.99 Å². The maximum atomic E-state index is 12.3. The minimum absolute atomic E-state index is 0.0977. The fraction of sp³-hybridized carbons (Fsp3) is 0.381. The maximum absolute atomic E-state index is 12.3. The molecule has 1 saturated heterocycles. The van der Waals surface area contributed by atoms with Gasteiger partial charge in [-0.05, 0) is 17.7 Å². The summed E-state index contributed by atoms with van der Waals surface area (Å²) in [5.74, 6) is 1.65. The van der Waals surface area contributed by atoms with Gasteiger partial charge < -0.3 is 19.9 Å². The second kappa shape index (κ2) is 8.29. The lowest BCUT2D eigenvalue weighted by Gasteiger charge is -2.23. The number of guanidine groups is 1. The Morgan fingerprint density at radius 3 is 2.96 bits per heavy atom. The van der Waals surface area contributed by atoms with Gasteiger partial charge in [0.1, 0.15) is 6.10 Å². The van der Waals surface area contributed by atoms with Gasteiger partial charge in [-0.25, -0.2) is 4.98 Å². The molecule has 1 aromatic carbocycles. The van der Waals surface area contributed by atoms with E-state index < -0.39 is 0 Å². The summed E-state index contributed by atoms with van der Waals surface area (Å²) < 4.78 is 5.95. The van der Waals surface area contributed by atoms with E-state index in [-0.39, 0.29) is 12.0 Å². The van der Waals surface area contributed by atoms with Crippen LogP contribution in [0.4, 0.5) is 5.69 Å². The van der Waals surface area contributed by atoms with Gasteiger partial charge in [-0.3, -0.25) is 9.79 Å². The SMILES string of the molecule is CN=C(NCCN1C(=O)Cc2ccccc21)N1CCC(Oc2ccccn2)C1. The second-order valence-electron chi connectivity index (χ2n) is 6.97. The van der Waals surface area contributed by atoms with Gasteiger partial charge in [0.2, 0.25) is 11.8 Å². The molecule has 0 saturated carbocycles. The second-order valence-corrected chi connectivity index (χ2v) is 6.97. The van der Waals surface area contributed by atoms with Crippen LogP contribution < -0.4 is 15.0 Å². The van der Waals surface area contributed by atoms with Crippen LogP contribution in [0.25, 0.3) is 0 Å². The van der Waals surface area contributed by atoms with Gasteiger partial charge in [0.15, 0.2) is 5.96 Å². The van der Waals surface area contributed by atoms with Crippen molar-refractivity contribution in [1.29, 1.82) is 0 Å². The van der Waals surface area contributed by atoms with Crippen LogP contribution in [-0.4, -0.2) is 61.1 Å². The zero-order valence-corrected chi connectivity index (χ0v) is 16.0. The fourth-order valence-corrected chi connectivity index (χ4v) is 3.78. The molecule has 2 aliphatic rings. The van der Waals surface area contributed by atoms with Gasteiger partial charge in [0.25, 0.3) is 0 Å². The number of nitrogens with zero attached hydrogens (tertiary/aromatic N) is 4. The third-order valence-corrected chi connectivity index (χ3v) is 5.13. The van der Waals surface area contributed by atoms with Crippen LogP contribution in [-0.2, 0) is 11.2 Å². The number of fused-ring (bicyclic) bond motifs is 1. The van der Waals surface area contributed by atoms with E-state index >= 15 is 0 Å². The molecular formula is C21H25N5O2. The Bertz CT molecular complexity index is 855. The average Bonchev–Trinajstić information content (AvgIpc) is 3.30. The van der Waals surface area contributed by atoms with E-state index in [1.54, 1.807) is 13.2 Å². The Morgan fingerprint density at radius 1 is 1.29 bits per heavy atom. The van der Waals surface area contributed by atoms with E-state index in [0.717, 1.165) is 36.7 Å². The molecule has 7 nitrogen and oxygen atoms in total. The molecule has 4 rings (SSSR count). The first-order valence-corrected chi connectivity index (χ1v) is 9.66. The van der Waals surface area contributed by atoms with Gasteiger partial charge in [-0.1, -0.05) is 24.3 Å². The molecule has 0 bridgehead atoms. The fourth-order valence-electron chi connectivity index (χ4n) is 3.78. The molecule has 1 atom stereocenters.